The summed E-state index contributed by atoms with van der Waals surface area (Å²) in [6, 6.07) is 7.14. The summed E-state index contributed by atoms with van der Waals surface area (Å²) in [5.41, 5.74) is 0.887. The minimum Gasteiger partial charge on any atom is -0.507 e. The van der Waals surface area contributed by atoms with Crippen LogP contribution < -0.4 is 9.47 Å². The summed E-state index contributed by atoms with van der Waals surface area (Å²) in [6.45, 7) is 0. The fraction of sp³-hybridized carbons (Fsp3) is 0.143. The van der Waals surface area contributed by atoms with Crippen molar-refractivity contribution in [3.63, 3.8) is 0 Å². The maximum atomic E-state index is 12.8. The molecule has 0 saturated heterocycles. The zero-order chi connectivity index (χ0) is 14.5. The second-order valence-corrected chi connectivity index (χ2v) is 3.86. The zero-order valence-electron chi connectivity index (χ0n) is 11.0. The molecule has 5 nitrogen and oxygen atoms in total. The van der Waals surface area contributed by atoms with E-state index in [-0.39, 0.29) is 17.6 Å². The Morgan fingerprint density at radius 2 is 1.85 bits per heavy atom. The summed E-state index contributed by atoms with van der Waals surface area (Å²) >= 11 is 0. The molecule has 2 rings (SSSR count). The van der Waals surface area contributed by atoms with Gasteiger partial charge in [-0.2, -0.15) is 9.97 Å². The number of methoxy groups -OCH3 is 2. The van der Waals surface area contributed by atoms with E-state index in [4.69, 9.17) is 9.47 Å². The van der Waals surface area contributed by atoms with Crippen molar-refractivity contribution in [2.45, 2.75) is 0 Å². The molecular weight excluding hydrogens is 263 g/mol. The molecule has 2 aromatic rings. The van der Waals surface area contributed by atoms with E-state index in [9.17, 15) is 9.50 Å². The van der Waals surface area contributed by atoms with Crippen molar-refractivity contribution in [1.29, 1.82) is 0 Å². The summed E-state index contributed by atoms with van der Waals surface area (Å²) in [6.07, 6.45) is 1.42. The minimum atomic E-state index is -0.369. The number of nitrogens with zero attached hydrogens (tertiary/aromatic N) is 2. The molecule has 6 heteroatoms. The third-order valence-corrected chi connectivity index (χ3v) is 2.52. The summed E-state index contributed by atoms with van der Waals surface area (Å²) in [7, 11) is 2.90. The molecule has 0 saturated carbocycles. The molecule has 0 aliphatic heterocycles. The van der Waals surface area contributed by atoms with Gasteiger partial charge in [0.1, 0.15) is 11.6 Å². The Morgan fingerprint density at radius 3 is 2.45 bits per heavy atom. The van der Waals surface area contributed by atoms with Crippen LogP contribution in [0, 0.1) is 5.82 Å². The Bertz CT molecular complexity index is 605. The number of hydrogen-bond donors (Lipinski definition) is 1. The lowest BCUT2D eigenvalue weighted by Gasteiger charge is -2.04. The highest BCUT2D eigenvalue weighted by Crippen LogP contribution is 2.19. The molecular formula is C14H13FN2O3. The largest absolute Gasteiger partial charge is 0.507 e. The number of benzene rings is 1. The quantitative estimate of drug-likeness (QED) is 0.870. The van der Waals surface area contributed by atoms with Crippen LogP contribution in [-0.4, -0.2) is 29.3 Å². The van der Waals surface area contributed by atoms with Gasteiger partial charge in [-0.15, -0.1) is 0 Å². The Balaban J connectivity index is 2.35. The van der Waals surface area contributed by atoms with Gasteiger partial charge in [-0.3, -0.25) is 0 Å². The van der Waals surface area contributed by atoms with E-state index in [0.717, 1.165) is 0 Å². The Morgan fingerprint density at radius 1 is 1.15 bits per heavy atom. The second-order valence-electron chi connectivity index (χ2n) is 3.86. The van der Waals surface area contributed by atoms with E-state index >= 15 is 0 Å². The first-order valence-electron chi connectivity index (χ1n) is 5.76. The van der Waals surface area contributed by atoms with Crippen molar-refractivity contribution in [2.24, 2.45) is 0 Å². The van der Waals surface area contributed by atoms with Gasteiger partial charge in [0.15, 0.2) is 0 Å². The lowest BCUT2D eigenvalue weighted by molar-refractivity contribution is 0.351. The van der Waals surface area contributed by atoms with E-state index in [1.54, 1.807) is 6.07 Å². The number of ether oxygens (including phenoxy) is 2. The molecule has 0 aliphatic rings. The number of hydrogen-bond acceptors (Lipinski definition) is 5. The molecule has 0 amide bonds. The molecule has 0 unspecified atom stereocenters. The minimum absolute atomic E-state index is 0.0483. The molecule has 0 radical (unpaired) electrons. The first-order valence-corrected chi connectivity index (χ1v) is 5.76. The molecule has 104 valence electrons. The predicted octanol–water partition coefficient (Wildman–Crippen LogP) is 2.69. The standard InChI is InChI=1S/C14H13FN2O3/c1-19-13-8-11(16-14(17-13)20-2)7-12(18)9-3-5-10(15)6-4-9/h3-8,18H,1-2H3/b12-7+. The van der Waals surface area contributed by atoms with Crippen LogP contribution in [0.15, 0.2) is 30.3 Å². The maximum absolute atomic E-state index is 12.8. The topological polar surface area (TPSA) is 64.5 Å². The first-order chi connectivity index (χ1) is 9.62. The summed E-state index contributed by atoms with van der Waals surface area (Å²) in [5, 5.41) is 9.99. The number of aromatic nitrogens is 2. The lowest BCUT2D eigenvalue weighted by Crippen LogP contribution is -1.97. The monoisotopic (exact) mass is 276 g/mol. The van der Waals surface area contributed by atoms with Crippen LogP contribution in [0.25, 0.3) is 11.8 Å². The van der Waals surface area contributed by atoms with Gasteiger partial charge in [0.05, 0.1) is 19.9 Å². The zero-order valence-corrected chi connectivity index (χ0v) is 11.0. The molecule has 1 aromatic heterocycles. The lowest BCUT2D eigenvalue weighted by atomic mass is 10.1. The predicted molar refractivity (Wildman–Crippen MR) is 72.0 cm³/mol. The van der Waals surface area contributed by atoms with Gasteiger partial charge in [-0.1, -0.05) is 0 Å². The fourth-order valence-corrected chi connectivity index (χ4v) is 1.53. The van der Waals surface area contributed by atoms with Gasteiger partial charge in [0.25, 0.3) is 0 Å². The van der Waals surface area contributed by atoms with Crippen LogP contribution in [0.4, 0.5) is 4.39 Å². The van der Waals surface area contributed by atoms with Crippen molar-refractivity contribution < 1.29 is 19.0 Å². The van der Waals surface area contributed by atoms with Crippen LogP contribution in [0.2, 0.25) is 0 Å². The van der Waals surface area contributed by atoms with E-state index in [1.165, 1.54) is 44.6 Å². The molecule has 0 fully saturated rings. The molecule has 0 spiro atoms. The van der Waals surface area contributed by atoms with Gasteiger partial charge in [-0.25, -0.2) is 4.39 Å². The van der Waals surface area contributed by atoms with Gasteiger partial charge < -0.3 is 14.6 Å². The average molecular weight is 276 g/mol. The van der Waals surface area contributed by atoms with Crippen molar-refractivity contribution in [3.8, 4) is 11.9 Å². The van der Waals surface area contributed by atoms with Crippen molar-refractivity contribution in [1.82, 2.24) is 9.97 Å². The Kier molecular flexibility index (Phi) is 4.14. The molecule has 1 aromatic carbocycles. The van der Waals surface area contributed by atoms with Gasteiger partial charge in [-0.05, 0) is 24.3 Å². The Labute approximate surface area is 115 Å². The van der Waals surface area contributed by atoms with E-state index in [2.05, 4.69) is 9.97 Å². The summed E-state index contributed by atoms with van der Waals surface area (Å²) < 4.78 is 22.8. The first kappa shape index (κ1) is 13.8. The Hall–Kier alpha value is -2.63. The van der Waals surface area contributed by atoms with Gasteiger partial charge in [0, 0.05) is 17.7 Å². The van der Waals surface area contributed by atoms with Crippen LogP contribution >= 0.6 is 0 Å². The molecule has 0 atom stereocenters. The van der Waals surface area contributed by atoms with Crippen molar-refractivity contribution >= 4 is 11.8 Å². The summed E-state index contributed by atoms with van der Waals surface area (Å²) in [4.78, 5) is 8.01. The van der Waals surface area contributed by atoms with E-state index in [1.807, 2.05) is 0 Å². The number of aliphatic hydroxyl groups excluding tert-OH is 1. The van der Waals surface area contributed by atoms with Crippen molar-refractivity contribution in [3.05, 3.63) is 47.4 Å². The maximum Gasteiger partial charge on any atom is 0.319 e. The van der Waals surface area contributed by atoms with Crippen LogP contribution in [0.3, 0.4) is 0 Å². The highest BCUT2D eigenvalue weighted by Gasteiger charge is 2.06. The third-order valence-electron chi connectivity index (χ3n) is 2.52. The second kappa shape index (κ2) is 6.01. The number of aliphatic hydroxyl groups is 1. The fourth-order valence-electron chi connectivity index (χ4n) is 1.53. The molecule has 1 heterocycles. The molecule has 1 N–H and O–H groups in total. The third kappa shape index (κ3) is 3.23. The highest BCUT2D eigenvalue weighted by atomic mass is 19.1. The van der Waals surface area contributed by atoms with Gasteiger partial charge >= 0.3 is 6.01 Å². The number of rotatable bonds is 4. The van der Waals surface area contributed by atoms with Crippen LogP contribution in [-0.2, 0) is 0 Å². The SMILES string of the molecule is COc1cc(/C=C(/O)c2ccc(F)cc2)nc(OC)n1. The highest BCUT2D eigenvalue weighted by molar-refractivity contribution is 5.75. The molecule has 20 heavy (non-hydrogen) atoms. The molecule has 0 bridgehead atoms. The average Bonchev–Trinajstić information content (AvgIpc) is 2.47. The van der Waals surface area contributed by atoms with Crippen LogP contribution in [0.5, 0.6) is 11.9 Å². The molecule has 0 aliphatic carbocycles. The normalized spacial score (nSPS) is 11.2. The summed E-state index contributed by atoms with van der Waals surface area (Å²) in [5.74, 6) is -0.102. The smallest absolute Gasteiger partial charge is 0.319 e. The van der Waals surface area contributed by atoms with Crippen LogP contribution in [0.1, 0.15) is 11.3 Å². The van der Waals surface area contributed by atoms with Crippen molar-refractivity contribution in [2.75, 3.05) is 14.2 Å². The van der Waals surface area contributed by atoms with E-state index < -0.39 is 0 Å². The van der Waals surface area contributed by atoms with Gasteiger partial charge in [0.2, 0.25) is 5.88 Å². The number of halogens is 1. The van der Waals surface area contributed by atoms with E-state index in [0.29, 0.717) is 17.1 Å².